The molecule has 0 amide bonds. The molecular formula is C12H12Cl2OS2. The van der Waals surface area contributed by atoms with Crippen molar-refractivity contribution in [2.24, 2.45) is 0 Å². The Labute approximate surface area is 119 Å². The third kappa shape index (κ3) is 3.46. The zero-order chi connectivity index (χ0) is 12.1. The summed E-state index contributed by atoms with van der Waals surface area (Å²) < 4.78 is 5.99. The summed E-state index contributed by atoms with van der Waals surface area (Å²) in [7, 11) is 0. The molecular weight excluding hydrogens is 295 g/mol. The zero-order valence-electron chi connectivity index (χ0n) is 9.01. The van der Waals surface area contributed by atoms with Crippen molar-refractivity contribution in [2.75, 3.05) is 11.8 Å². The van der Waals surface area contributed by atoms with Gasteiger partial charge in [-0.15, -0.1) is 45.9 Å². The summed E-state index contributed by atoms with van der Waals surface area (Å²) in [4.78, 5) is 2.29. The van der Waals surface area contributed by atoms with Gasteiger partial charge in [0.25, 0.3) is 0 Å². The fourth-order valence-corrected chi connectivity index (χ4v) is 3.69. The molecule has 2 heterocycles. The Bertz CT molecular complexity index is 373. The minimum Gasteiger partial charge on any atom is -0.361 e. The molecule has 0 aliphatic heterocycles. The Kier molecular flexibility index (Phi) is 5.32. The molecule has 2 unspecified atom stereocenters. The first-order valence-electron chi connectivity index (χ1n) is 5.19. The maximum atomic E-state index is 5.99. The summed E-state index contributed by atoms with van der Waals surface area (Å²) in [6.07, 6.45) is -0.162. The van der Waals surface area contributed by atoms with Gasteiger partial charge >= 0.3 is 0 Å². The van der Waals surface area contributed by atoms with Crippen LogP contribution in [0.4, 0.5) is 0 Å². The third-order valence-corrected chi connectivity index (χ3v) is 4.82. The van der Waals surface area contributed by atoms with Crippen LogP contribution >= 0.6 is 45.9 Å². The molecule has 0 saturated heterocycles. The summed E-state index contributed by atoms with van der Waals surface area (Å²) in [6.45, 7) is 0. The van der Waals surface area contributed by atoms with Gasteiger partial charge in [0.15, 0.2) is 0 Å². The fraction of sp³-hybridized carbons (Fsp3) is 0.333. The molecule has 2 aromatic heterocycles. The summed E-state index contributed by atoms with van der Waals surface area (Å²) in [6, 6.07) is 8.09. The van der Waals surface area contributed by atoms with Crippen LogP contribution in [0.5, 0.6) is 0 Å². The second-order valence-corrected chi connectivity index (χ2v) is 6.03. The molecule has 1 nitrogen and oxygen atoms in total. The topological polar surface area (TPSA) is 9.23 Å². The first kappa shape index (κ1) is 13.4. The van der Waals surface area contributed by atoms with E-state index in [1.807, 2.05) is 35.0 Å². The molecule has 0 N–H and O–H groups in total. The Morgan fingerprint density at radius 3 is 1.71 bits per heavy atom. The molecule has 0 aromatic carbocycles. The Morgan fingerprint density at radius 1 is 0.941 bits per heavy atom. The average molecular weight is 307 g/mol. The minimum absolute atomic E-state index is 0.0810. The standard InChI is InChI=1S/C12H12Cl2OS2/c13-7-9(11-3-1-5-16-11)15-10(8-14)12-4-2-6-17-12/h1-6,9-10H,7-8H2. The lowest BCUT2D eigenvalue weighted by Crippen LogP contribution is -2.11. The van der Waals surface area contributed by atoms with Gasteiger partial charge in [-0.2, -0.15) is 0 Å². The highest BCUT2D eigenvalue weighted by Gasteiger charge is 2.20. The van der Waals surface area contributed by atoms with Crippen molar-refractivity contribution < 1.29 is 4.74 Å². The van der Waals surface area contributed by atoms with Crippen molar-refractivity contribution in [1.82, 2.24) is 0 Å². The first-order chi connectivity index (χ1) is 8.35. The smallest absolute Gasteiger partial charge is 0.106 e. The van der Waals surface area contributed by atoms with Gasteiger partial charge in [-0.05, 0) is 22.9 Å². The monoisotopic (exact) mass is 306 g/mol. The molecule has 0 saturated carbocycles. The van der Waals surface area contributed by atoms with Crippen LogP contribution in [0.3, 0.4) is 0 Å². The molecule has 0 radical (unpaired) electrons. The minimum atomic E-state index is -0.0810. The number of hydrogen-bond acceptors (Lipinski definition) is 3. The predicted molar refractivity (Wildman–Crippen MR) is 76.6 cm³/mol. The van der Waals surface area contributed by atoms with E-state index in [9.17, 15) is 0 Å². The van der Waals surface area contributed by atoms with E-state index in [0.717, 1.165) is 9.75 Å². The number of ether oxygens (including phenoxy) is 1. The van der Waals surface area contributed by atoms with Gasteiger partial charge in [0.2, 0.25) is 0 Å². The lowest BCUT2D eigenvalue weighted by molar-refractivity contribution is 0.0139. The molecule has 0 fully saturated rings. The quantitative estimate of drug-likeness (QED) is 0.676. The number of rotatable bonds is 6. The maximum Gasteiger partial charge on any atom is 0.106 e. The van der Waals surface area contributed by atoms with E-state index in [4.69, 9.17) is 27.9 Å². The zero-order valence-corrected chi connectivity index (χ0v) is 12.2. The highest BCUT2D eigenvalue weighted by atomic mass is 35.5. The predicted octanol–water partition coefficient (Wildman–Crippen LogP) is 5.09. The molecule has 0 aliphatic rings. The maximum absolute atomic E-state index is 5.99. The molecule has 0 bridgehead atoms. The van der Waals surface area contributed by atoms with Gasteiger partial charge in [-0.25, -0.2) is 0 Å². The van der Waals surface area contributed by atoms with Crippen LogP contribution in [0.2, 0.25) is 0 Å². The van der Waals surface area contributed by atoms with E-state index in [1.165, 1.54) is 0 Å². The average Bonchev–Trinajstić information content (AvgIpc) is 3.03. The molecule has 2 rings (SSSR count). The summed E-state index contributed by atoms with van der Waals surface area (Å²) in [5.41, 5.74) is 0. The van der Waals surface area contributed by atoms with Crippen molar-refractivity contribution in [3.05, 3.63) is 44.8 Å². The number of halogens is 2. The molecule has 2 atom stereocenters. The Morgan fingerprint density at radius 2 is 1.41 bits per heavy atom. The van der Waals surface area contributed by atoms with Gasteiger partial charge in [-0.3, -0.25) is 0 Å². The van der Waals surface area contributed by atoms with Crippen LogP contribution < -0.4 is 0 Å². The second-order valence-electron chi connectivity index (χ2n) is 3.45. The largest absolute Gasteiger partial charge is 0.361 e. The van der Waals surface area contributed by atoms with Crippen molar-refractivity contribution in [3.8, 4) is 0 Å². The summed E-state index contributed by atoms with van der Waals surface area (Å²) in [5, 5.41) is 4.05. The van der Waals surface area contributed by atoms with E-state index in [2.05, 4.69) is 0 Å². The van der Waals surface area contributed by atoms with Gasteiger partial charge in [0.05, 0.1) is 11.8 Å². The summed E-state index contributed by atoms with van der Waals surface area (Å²) in [5.74, 6) is 0.887. The van der Waals surface area contributed by atoms with Crippen LogP contribution in [-0.4, -0.2) is 11.8 Å². The van der Waals surface area contributed by atoms with Crippen LogP contribution in [0.1, 0.15) is 22.0 Å². The highest BCUT2D eigenvalue weighted by molar-refractivity contribution is 7.10. The van der Waals surface area contributed by atoms with Crippen molar-refractivity contribution in [2.45, 2.75) is 12.2 Å². The first-order valence-corrected chi connectivity index (χ1v) is 8.02. The number of alkyl halides is 2. The van der Waals surface area contributed by atoms with E-state index < -0.39 is 0 Å². The second kappa shape index (κ2) is 6.76. The van der Waals surface area contributed by atoms with Crippen molar-refractivity contribution >= 4 is 45.9 Å². The lowest BCUT2D eigenvalue weighted by Gasteiger charge is -2.20. The van der Waals surface area contributed by atoms with Gasteiger partial charge in [0, 0.05) is 9.75 Å². The SMILES string of the molecule is ClCC(OC(CCl)c1cccs1)c1cccs1. The molecule has 0 spiro atoms. The van der Waals surface area contributed by atoms with E-state index in [1.54, 1.807) is 22.7 Å². The lowest BCUT2D eigenvalue weighted by atomic mass is 10.3. The third-order valence-electron chi connectivity index (χ3n) is 2.33. The van der Waals surface area contributed by atoms with E-state index >= 15 is 0 Å². The van der Waals surface area contributed by atoms with Crippen LogP contribution in [0, 0.1) is 0 Å². The van der Waals surface area contributed by atoms with Crippen LogP contribution in [0.15, 0.2) is 35.0 Å². The molecule has 17 heavy (non-hydrogen) atoms. The number of hydrogen-bond donors (Lipinski definition) is 0. The van der Waals surface area contributed by atoms with E-state index in [-0.39, 0.29) is 12.2 Å². The highest BCUT2D eigenvalue weighted by Crippen LogP contribution is 2.32. The van der Waals surface area contributed by atoms with Gasteiger partial charge < -0.3 is 4.74 Å². The molecule has 0 aliphatic carbocycles. The van der Waals surface area contributed by atoms with Crippen molar-refractivity contribution in [1.29, 1.82) is 0 Å². The normalized spacial score (nSPS) is 14.7. The van der Waals surface area contributed by atoms with E-state index in [0.29, 0.717) is 11.8 Å². The molecule has 5 heteroatoms. The van der Waals surface area contributed by atoms with Crippen LogP contribution in [0.25, 0.3) is 0 Å². The van der Waals surface area contributed by atoms with Gasteiger partial charge in [0.1, 0.15) is 12.2 Å². The van der Waals surface area contributed by atoms with Crippen LogP contribution in [-0.2, 0) is 4.74 Å². The summed E-state index contributed by atoms with van der Waals surface area (Å²) >= 11 is 15.2. The van der Waals surface area contributed by atoms with Crippen molar-refractivity contribution in [3.63, 3.8) is 0 Å². The Hall–Kier alpha value is -0.0600. The molecule has 92 valence electrons. The molecule has 2 aromatic rings. The number of thiophene rings is 2. The Balaban J connectivity index is 2.07. The fourth-order valence-electron chi connectivity index (χ4n) is 1.51. The van der Waals surface area contributed by atoms with Gasteiger partial charge in [-0.1, -0.05) is 12.1 Å².